The summed E-state index contributed by atoms with van der Waals surface area (Å²) in [4.78, 5) is 29.7. The number of halogens is 1. The molecule has 2 aromatic carbocycles. The van der Waals surface area contributed by atoms with Gasteiger partial charge in [0.15, 0.2) is 0 Å². The second kappa shape index (κ2) is 11.7. The quantitative estimate of drug-likeness (QED) is 0.250. The van der Waals surface area contributed by atoms with Crippen LogP contribution in [0.25, 0.3) is 22.6 Å². The highest BCUT2D eigenvalue weighted by Crippen LogP contribution is 2.32. The lowest BCUT2D eigenvalue weighted by molar-refractivity contribution is 0.0974. The summed E-state index contributed by atoms with van der Waals surface area (Å²) >= 11 is 6.31. The van der Waals surface area contributed by atoms with Crippen LogP contribution in [0.2, 0.25) is 5.02 Å². The number of aromatic amines is 1. The minimum atomic E-state index is -0.374. The summed E-state index contributed by atoms with van der Waals surface area (Å²) in [6.45, 7) is 5.82. The van der Waals surface area contributed by atoms with Crippen molar-refractivity contribution >= 4 is 29.1 Å². The summed E-state index contributed by atoms with van der Waals surface area (Å²) in [5.74, 6) is 3.47. The van der Waals surface area contributed by atoms with Crippen LogP contribution in [0.15, 0.2) is 54.7 Å². The summed E-state index contributed by atoms with van der Waals surface area (Å²) in [6, 6.07) is 17.8. The number of methoxy groups -OCH3 is 1. The number of aryl methyl sites for hydroxylation is 1. The fraction of sp³-hybridized carbons (Fsp3) is 0.233. The van der Waals surface area contributed by atoms with Gasteiger partial charge in [-0.3, -0.25) is 10.1 Å². The van der Waals surface area contributed by atoms with Crippen LogP contribution in [0.1, 0.15) is 21.5 Å². The second-order valence-corrected chi connectivity index (χ2v) is 10.0. The number of hydrogen-bond acceptors (Lipinski definition) is 7. The Labute approximate surface area is 238 Å². The van der Waals surface area contributed by atoms with Gasteiger partial charge in [0, 0.05) is 54.7 Å². The lowest BCUT2D eigenvalue weighted by Crippen LogP contribution is -2.44. The number of amides is 1. The summed E-state index contributed by atoms with van der Waals surface area (Å²) < 4.78 is 5.53. The van der Waals surface area contributed by atoms with Crippen molar-refractivity contribution in [2.45, 2.75) is 6.92 Å². The highest BCUT2D eigenvalue weighted by atomic mass is 35.5. The third-order valence-corrected chi connectivity index (χ3v) is 7.14. The maximum absolute atomic E-state index is 13.5. The number of nitrogen functional groups attached to an aromatic ring is 1. The van der Waals surface area contributed by atoms with E-state index in [0.717, 1.165) is 43.0 Å². The molecule has 4 N–H and O–H groups in total. The molecule has 2 aromatic heterocycles. The van der Waals surface area contributed by atoms with Gasteiger partial charge in [-0.25, -0.2) is 9.97 Å². The molecule has 5 rings (SSSR count). The monoisotopic (exact) mass is 555 g/mol. The van der Waals surface area contributed by atoms with E-state index in [-0.39, 0.29) is 11.9 Å². The number of likely N-dealkylation sites (N-methyl/N-ethyl adjacent to an activating group) is 1. The molecule has 10 heteroatoms. The Morgan fingerprint density at radius 1 is 1.12 bits per heavy atom. The molecule has 9 nitrogen and oxygen atoms in total. The fourth-order valence-corrected chi connectivity index (χ4v) is 4.82. The maximum Gasteiger partial charge on any atom is 0.264 e. The number of piperazine rings is 1. The topological polar surface area (TPSA) is 112 Å². The molecule has 1 aliphatic heterocycles. The number of carbonyl (C=O) groups is 1. The van der Waals surface area contributed by atoms with Gasteiger partial charge in [-0.15, -0.1) is 0 Å². The van der Waals surface area contributed by atoms with E-state index in [2.05, 4.69) is 49.1 Å². The number of H-pyrrole nitrogens is 1. The van der Waals surface area contributed by atoms with E-state index < -0.39 is 0 Å². The van der Waals surface area contributed by atoms with Crippen molar-refractivity contribution < 1.29 is 9.53 Å². The molecule has 1 amide bonds. The third kappa shape index (κ3) is 5.88. The van der Waals surface area contributed by atoms with Crippen molar-refractivity contribution in [2.24, 2.45) is 0 Å². The van der Waals surface area contributed by atoms with Crippen molar-refractivity contribution in [3.63, 3.8) is 0 Å². The molecule has 0 unspecified atom stereocenters. The molecule has 0 atom stereocenters. The average Bonchev–Trinajstić information content (AvgIpc) is 3.40. The van der Waals surface area contributed by atoms with Gasteiger partial charge in [0.25, 0.3) is 5.91 Å². The minimum absolute atomic E-state index is 0.136. The van der Waals surface area contributed by atoms with E-state index in [9.17, 15) is 4.79 Å². The molecule has 0 saturated carbocycles. The number of carbonyl (C=O) groups excluding carboxylic acids is 1. The van der Waals surface area contributed by atoms with Crippen molar-refractivity contribution in [3.05, 3.63) is 76.4 Å². The first-order chi connectivity index (χ1) is 19.3. The standard InChI is InChI=1S/C30H30ClN7O2/c1-19-4-5-21(31)17-23(19)28-24(18-26(35-28)25-9-11-34-30(32)36-25)29(39)33-10-8-20-16-22(6-7-27(20)40-3)38-14-12-37(2)13-15-38/h4-7,9,11,16-18,35H,12-15H2,1-3H3,(H,33,39)(H2,32,34,36). The molecule has 40 heavy (non-hydrogen) atoms. The van der Waals surface area contributed by atoms with Crippen LogP contribution in [0.3, 0.4) is 0 Å². The number of hydrogen-bond donors (Lipinski definition) is 3. The highest BCUT2D eigenvalue weighted by Gasteiger charge is 2.20. The Kier molecular flexibility index (Phi) is 7.91. The van der Waals surface area contributed by atoms with Gasteiger partial charge < -0.3 is 25.3 Å². The van der Waals surface area contributed by atoms with Crippen LogP contribution in [0.5, 0.6) is 5.75 Å². The van der Waals surface area contributed by atoms with E-state index in [1.165, 1.54) is 0 Å². The van der Waals surface area contributed by atoms with Gasteiger partial charge >= 0.3 is 0 Å². The Hall–Kier alpha value is -4.52. The zero-order valence-electron chi connectivity index (χ0n) is 22.6. The Morgan fingerprint density at radius 2 is 1.93 bits per heavy atom. The molecular weight excluding hydrogens is 526 g/mol. The lowest BCUT2D eigenvalue weighted by atomic mass is 10.0. The molecule has 1 fully saturated rings. The average molecular weight is 556 g/mol. The van der Waals surface area contributed by atoms with Gasteiger partial charge in [0.1, 0.15) is 5.75 Å². The normalized spacial score (nSPS) is 13.4. The maximum atomic E-state index is 13.5. The highest BCUT2D eigenvalue weighted by molar-refractivity contribution is 6.31. The zero-order chi connectivity index (χ0) is 28.2. The van der Waals surface area contributed by atoms with E-state index in [1.807, 2.05) is 43.3 Å². The van der Waals surface area contributed by atoms with Crippen LogP contribution in [0, 0.1) is 18.9 Å². The minimum Gasteiger partial charge on any atom is -0.495 e. The summed E-state index contributed by atoms with van der Waals surface area (Å²) in [5, 5.41) is 3.29. The van der Waals surface area contributed by atoms with Gasteiger partial charge in [-0.1, -0.05) is 17.7 Å². The first kappa shape index (κ1) is 27.1. The van der Waals surface area contributed by atoms with Gasteiger partial charge in [-0.2, -0.15) is 0 Å². The predicted molar refractivity (Wildman–Crippen MR) is 158 cm³/mol. The number of nitrogens with one attached hydrogen (secondary N) is 2. The van der Waals surface area contributed by atoms with Crippen molar-refractivity contribution in [1.82, 2.24) is 25.2 Å². The Balaban J connectivity index is 1.46. The van der Waals surface area contributed by atoms with Crippen LogP contribution in [-0.4, -0.2) is 66.1 Å². The van der Waals surface area contributed by atoms with Crippen LogP contribution < -0.4 is 20.7 Å². The van der Waals surface area contributed by atoms with Gasteiger partial charge in [0.05, 0.1) is 35.3 Å². The molecule has 1 saturated heterocycles. The van der Waals surface area contributed by atoms with Crippen LogP contribution in [-0.2, 0) is 0 Å². The molecule has 0 spiro atoms. The molecular formula is C30H30ClN7O2. The summed E-state index contributed by atoms with van der Waals surface area (Å²) in [6.07, 6.45) is 1.57. The summed E-state index contributed by atoms with van der Waals surface area (Å²) in [5.41, 5.74) is 11.5. The van der Waals surface area contributed by atoms with E-state index in [0.29, 0.717) is 39.0 Å². The van der Waals surface area contributed by atoms with E-state index in [4.69, 9.17) is 22.1 Å². The molecule has 0 radical (unpaired) electrons. The molecule has 4 aromatic rings. The van der Waals surface area contributed by atoms with Gasteiger partial charge in [0.2, 0.25) is 5.95 Å². The lowest BCUT2D eigenvalue weighted by Gasteiger charge is -2.34. The number of anilines is 2. The molecule has 0 aliphatic carbocycles. The first-order valence-electron chi connectivity index (χ1n) is 12.8. The van der Waals surface area contributed by atoms with E-state index in [1.54, 1.807) is 25.4 Å². The number of benzene rings is 2. The number of ether oxygens (including phenoxy) is 1. The summed E-state index contributed by atoms with van der Waals surface area (Å²) in [7, 11) is 3.73. The fourth-order valence-electron chi connectivity index (χ4n) is 4.65. The number of rotatable bonds is 5. The number of nitrogens with two attached hydrogens (primary N) is 1. The zero-order valence-corrected chi connectivity index (χ0v) is 23.3. The van der Waals surface area contributed by atoms with Crippen LogP contribution in [0.4, 0.5) is 11.6 Å². The Morgan fingerprint density at radius 3 is 2.67 bits per heavy atom. The molecule has 1 aliphatic rings. The number of nitrogens with zero attached hydrogens (tertiary/aromatic N) is 4. The van der Waals surface area contributed by atoms with Gasteiger partial charge in [-0.05, 0) is 67.9 Å². The van der Waals surface area contributed by atoms with Crippen molar-refractivity contribution in [2.75, 3.05) is 51.0 Å². The van der Waals surface area contributed by atoms with Crippen molar-refractivity contribution in [1.29, 1.82) is 0 Å². The molecule has 204 valence electrons. The first-order valence-corrected chi connectivity index (χ1v) is 13.2. The third-order valence-electron chi connectivity index (χ3n) is 6.91. The molecule has 3 heterocycles. The number of aromatic nitrogens is 3. The Bertz CT molecular complexity index is 1610. The van der Waals surface area contributed by atoms with Crippen molar-refractivity contribution in [3.8, 4) is 40.4 Å². The van der Waals surface area contributed by atoms with E-state index >= 15 is 0 Å². The van der Waals surface area contributed by atoms with Crippen LogP contribution >= 0.6 is 11.6 Å². The molecule has 0 bridgehead atoms. The SMILES string of the molecule is COc1ccc(N2CCN(C)CC2)cc1C#CNC(=O)c1cc(-c2ccnc(N)n2)[nH]c1-c1cc(Cl)ccc1C. The smallest absolute Gasteiger partial charge is 0.264 e. The second-order valence-electron chi connectivity index (χ2n) is 9.61. The largest absolute Gasteiger partial charge is 0.495 e. The predicted octanol–water partition coefficient (Wildman–Crippen LogP) is 4.18.